The molecule has 0 aromatic carbocycles. The van der Waals surface area contributed by atoms with Crippen LogP contribution < -0.4 is 0 Å². The SMILES string of the molecule is O=C1C=CC(=O)C=C1.[He]. The Morgan fingerprint density at radius 2 is 1.00 bits per heavy atom. The molecule has 9 heavy (non-hydrogen) atoms. The summed E-state index contributed by atoms with van der Waals surface area (Å²) in [4.78, 5) is 20.6. The van der Waals surface area contributed by atoms with Crippen molar-refractivity contribution in [3.8, 4) is 0 Å². The molecule has 0 saturated heterocycles. The third-order valence-corrected chi connectivity index (χ3v) is 0.824. The number of carbonyl (C=O) groups excluding carboxylic acids is 2. The number of carbonyl (C=O) groups is 2. The van der Waals surface area contributed by atoms with E-state index in [2.05, 4.69) is 0 Å². The van der Waals surface area contributed by atoms with Crippen LogP contribution in [0.15, 0.2) is 24.3 Å². The Morgan fingerprint density at radius 1 is 0.778 bits per heavy atom. The Bertz CT molecular complexity index is 153. The molecule has 0 radical (unpaired) electrons. The van der Waals surface area contributed by atoms with E-state index >= 15 is 0 Å². The number of rotatable bonds is 0. The van der Waals surface area contributed by atoms with E-state index in [1.54, 1.807) is 0 Å². The summed E-state index contributed by atoms with van der Waals surface area (Å²) in [6.07, 6.45) is 5.01. The topological polar surface area (TPSA) is 34.1 Å². The second kappa shape index (κ2) is 2.90. The fourth-order valence-electron chi connectivity index (χ4n) is 0.440. The van der Waals surface area contributed by atoms with Crippen LogP contribution in [0.2, 0.25) is 0 Å². The van der Waals surface area contributed by atoms with Crippen molar-refractivity contribution in [2.24, 2.45) is 0 Å². The van der Waals surface area contributed by atoms with Gasteiger partial charge in [0.05, 0.1) is 0 Å². The molecule has 0 atom stereocenters. The summed E-state index contributed by atoms with van der Waals surface area (Å²) < 4.78 is 0. The van der Waals surface area contributed by atoms with E-state index in [0.29, 0.717) is 0 Å². The van der Waals surface area contributed by atoms with Crippen molar-refractivity contribution in [1.82, 2.24) is 0 Å². The van der Waals surface area contributed by atoms with Gasteiger partial charge in [0, 0.05) is 6.15 Å². The molecular formula is C6H4HeO2. The van der Waals surface area contributed by atoms with Gasteiger partial charge in [-0.2, -0.15) is 0 Å². The molecular weight excluding hydrogens is 108 g/mol. The maximum Gasteiger partial charge on any atom is 0.178 e. The molecule has 2 nitrogen and oxygen atoms in total. The summed E-state index contributed by atoms with van der Waals surface area (Å²) in [7, 11) is 0. The summed E-state index contributed by atoms with van der Waals surface area (Å²) in [5, 5.41) is 0. The summed E-state index contributed by atoms with van der Waals surface area (Å²) in [6.45, 7) is 0. The van der Waals surface area contributed by atoms with Crippen LogP contribution in [0.5, 0.6) is 0 Å². The molecule has 0 N–H and O–H groups in total. The van der Waals surface area contributed by atoms with Crippen LogP contribution in [0.1, 0.15) is 0 Å². The minimum absolute atomic E-state index is 0. The molecule has 0 aromatic heterocycles. The monoisotopic (exact) mass is 112 g/mol. The van der Waals surface area contributed by atoms with E-state index in [9.17, 15) is 9.59 Å². The first-order valence-electron chi connectivity index (χ1n) is 2.23. The molecule has 0 fully saturated rings. The quantitative estimate of drug-likeness (QED) is 0.421. The Labute approximate surface area is 52.6 Å². The average Bonchev–Trinajstić information content (AvgIpc) is 1.77. The number of allylic oxidation sites excluding steroid dienone is 4. The third-order valence-electron chi connectivity index (χ3n) is 0.824. The van der Waals surface area contributed by atoms with E-state index in [-0.39, 0.29) is 17.7 Å². The van der Waals surface area contributed by atoms with Gasteiger partial charge in [0.2, 0.25) is 0 Å². The van der Waals surface area contributed by atoms with Crippen LogP contribution in [-0.4, -0.2) is 11.6 Å². The van der Waals surface area contributed by atoms with Gasteiger partial charge in [-0.05, 0) is 24.3 Å². The molecule has 0 amide bonds. The first-order valence-corrected chi connectivity index (χ1v) is 2.23. The van der Waals surface area contributed by atoms with Crippen LogP contribution in [0.4, 0.5) is 0 Å². The molecule has 0 bridgehead atoms. The van der Waals surface area contributed by atoms with Crippen LogP contribution in [0.25, 0.3) is 0 Å². The second-order valence-electron chi connectivity index (χ2n) is 1.47. The molecule has 0 unspecified atom stereocenters. The minimum atomic E-state index is -0.121. The normalized spacial score (nSPS) is 15.6. The van der Waals surface area contributed by atoms with Gasteiger partial charge in [0.25, 0.3) is 0 Å². The molecule has 0 aliphatic heterocycles. The zero-order valence-corrected chi connectivity index (χ0v) is 4.83. The molecule has 42 valence electrons. The summed E-state index contributed by atoms with van der Waals surface area (Å²) in [6, 6.07) is 0. The maximum absolute atomic E-state index is 10.3. The standard InChI is InChI=1S/C6H4O2.He/c7-5-1-2-6(8)4-3-5;/h1-4H;. The number of hydrogen-bond acceptors (Lipinski definition) is 2. The van der Waals surface area contributed by atoms with Gasteiger partial charge in [0.15, 0.2) is 11.6 Å². The van der Waals surface area contributed by atoms with Crippen molar-refractivity contribution in [3.63, 3.8) is 0 Å². The molecule has 0 heterocycles. The average molecular weight is 112 g/mol. The van der Waals surface area contributed by atoms with Crippen molar-refractivity contribution < 1.29 is 15.7 Å². The van der Waals surface area contributed by atoms with Crippen LogP contribution in [0, 0.1) is 6.15 Å². The molecule has 0 saturated carbocycles. The van der Waals surface area contributed by atoms with Crippen molar-refractivity contribution in [1.29, 1.82) is 0 Å². The summed E-state index contributed by atoms with van der Waals surface area (Å²) in [5.41, 5.74) is 0. The van der Waals surface area contributed by atoms with Crippen molar-refractivity contribution in [3.05, 3.63) is 24.3 Å². The zero-order valence-electron chi connectivity index (χ0n) is 4.83. The molecule has 3 heteroatoms. The molecule has 1 aliphatic carbocycles. The van der Waals surface area contributed by atoms with Crippen molar-refractivity contribution >= 4 is 11.6 Å². The first kappa shape index (κ1) is 7.73. The largest absolute Gasteiger partial charge is 0.290 e. The third kappa shape index (κ3) is 1.98. The van der Waals surface area contributed by atoms with Gasteiger partial charge in [-0.25, -0.2) is 0 Å². The van der Waals surface area contributed by atoms with Crippen LogP contribution in [0.3, 0.4) is 0 Å². The Kier molecular flexibility index (Phi) is 2.49. The van der Waals surface area contributed by atoms with Gasteiger partial charge in [-0.1, -0.05) is 0 Å². The van der Waals surface area contributed by atoms with E-state index in [1.807, 2.05) is 0 Å². The van der Waals surface area contributed by atoms with Crippen LogP contribution in [-0.2, 0) is 9.59 Å². The van der Waals surface area contributed by atoms with Gasteiger partial charge in [0.1, 0.15) is 0 Å². The Hall–Kier alpha value is -1.27. The van der Waals surface area contributed by atoms with Gasteiger partial charge < -0.3 is 0 Å². The van der Waals surface area contributed by atoms with E-state index in [4.69, 9.17) is 0 Å². The first-order chi connectivity index (χ1) is 3.79. The Balaban J connectivity index is 0.000000640. The van der Waals surface area contributed by atoms with Crippen molar-refractivity contribution in [2.75, 3.05) is 0 Å². The second-order valence-corrected chi connectivity index (χ2v) is 1.47. The molecule has 1 aliphatic rings. The van der Waals surface area contributed by atoms with E-state index < -0.39 is 0 Å². The molecule has 0 aromatic rings. The van der Waals surface area contributed by atoms with Gasteiger partial charge in [-0.3, -0.25) is 9.59 Å². The maximum atomic E-state index is 10.3. The fourth-order valence-corrected chi connectivity index (χ4v) is 0.440. The fraction of sp³-hybridized carbons (Fsp3) is 0. The van der Waals surface area contributed by atoms with E-state index in [0.717, 1.165) is 0 Å². The minimum Gasteiger partial charge on any atom is -0.290 e. The number of ketones is 2. The van der Waals surface area contributed by atoms with Crippen molar-refractivity contribution in [2.45, 2.75) is 0 Å². The molecule has 0 spiro atoms. The van der Waals surface area contributed by atoms with E-state index in [1.165, 1.54) is 24.3 Å². The predicted octanol–water partition coefficient (Wildman–Crippen LogP) is 0.251. The summed E-state index contributed by atoms with van der Waals surface area (Å²) in [5.74, 6) is -0.241. The predicted molar refractivity (Wildman–Crippen MR) is 28.3 cm³/mol. The summed E-state index contributed by atoms with van der Waals surface area (Å²) >= 11 is 0. The zero-order chi connectivity index (χ0) is 5.98. The smallest absolute Gasteiger partial charge is 0.178 e. The van der Waals surface area contributed by atoms with Gasteiger partial charge >= 0.3 is 0 Å². The van der Waals surface area contributed by atoms with Gasteiger partial charge in [-0.15, -0.1) is 0 Å². The van der Waals surface area contributed by atoms with Crippen LogP contribution >= 0.6 is 0 Å². The Morgan fingerprint density at radius 3 is 1.22 bits per heavy atom. The number of hydrogen-bond donors (Lipinski definition) is 0. The molecule has 1 rings (SSSR count).